The number of ketones is 1. The normalized spacial score (nSPS) is 34.5. The Bertz CT molecular complexity index is 1250. The maximum atomic E-state index is 12.8. The minimum absolute atomic E-state index is 0. The number of fused-ring (bicyclic) bond motifs is 5. The molecule has 1 heterocycles. The first-order chi connectivity index (χ1) is 19.7. The molecule has 4 aliphatic carbocycles. The van der Waals surface area contributed by atoms with E-state index in [1.807, 2.05) is 30.3 Å². The van der Waals surface area contributed by atoms with E-state index in [-0.39, 0.29) is 22.8 Å². The number of rotatable bonds is 9. The number of hydrogen-bond donors (Lipinski definition) is 0. The standard InChI is InChI=1S/C38H55N2O.BrH/c1-27(2)10-9-11-28(3)33-16-17-34-32-15-14-30-24-31(18-20-37(30,4)35(32)19-21-38(33,34)5)40-23-22-39(26-40)25-36(41)29-12-7-6-8-13-29;/h6-8,12-14,22-23,26-28,31-35H,9-11,15-21,24-25H2,1-5H3;1H/q+1;/p-1/t28-,31+,32+,33-,34+,35+,37+,38-;/m1./s1. The molecule has 4 heteroatoms. The Morgan fingerprint density at radius 3 is 2.55 bits per heavy atom. The zero-order valence-corrected chi connectivity index (χ0v) is 28.5. The number of benzene rings is 1. The maximum absolute atomic E-state index is 12.8. The predicted molar refractivity (Wildman–Crippen MR) is 167 cm³/mol. The average molecular weight is 636 g/mol. The third-order valence-corrected chi connectivity index (χ3v) is 12.8. The molecule has 6 rings (SSSR count). The summed E-state index contributed by atoms with van der Waals surface area (Å²) in [7, 11) is 0. The van der Waals surface area contributed by atoms with Crippen LogP contribution in [-0.2, 0) is 6.54 Å². The Kier molecular flexibility index (Phi) is 9.63. The Balaban J connectivity index is 0.00000353. The molecule has 0 N–H and O–H groups in total. The number of carbonyl (C=O) groups excluding carboxylic acids is 1. The third-order valence-electron chi connectivity index (χ3n) is 12.8. The first-order valence-corrected chi connectivity index (χ1v) is 17.0. The van der Waals surface area contributed by atoms with E-state index in [4.69, 9.17) is 0 Å². The highest BCUT2D eigenvalue weighted by atomic mass is 79.9. The molecule has 42 heavy (non-hydrogen) atoms. The molecule has 230 valence electrons. The fraction of sp³-hybridized carbons (Fsp3) is 0.684. The molecule has 3 fully saturated rings. The largest absolute Gasteiger partial charge is 1.00 e. The first-order valence-electron chi connectivity index (χ1n) is 17.0. The summed E-state index contributed by atoms with van der Waals surface area (Å²) in [6, 6.07) is 10.2. The zero-order chi connectivity index (χ0) is 28.8. The first kappa shape index (κ1) is 31.7. The van der Waals surface area contributed by atoms with Crippen LogP contribution in [0.2, 0.25) is 0 Å². The molecule has 2 aromatic rings. The van der Waals surface area contributed by atoms with E-state index in [9.17, 15) is 4.79 Å². The van der Waals surface area contributed by atoms with Crippen molar-refractivity contribution in [3.05, 3.63) is 66.3 Å². The van der Waals surface area contributed by atoms with Crippen LogP contribution in [0.25, 0.3) is 0 Å². The number of Topliss-reactive ketones (excluding diaryl/α,β-unsaturated/α-hetero) is 1. The van der Waals surface area contributed by atoms with Gasteiger partial charge in [-0.15, -0.1) is 0 Å². The third kappa shape index (κ3) is 5.87. The van der Waals surface area contributed by atoms with E-state index in [0.717, 1.165) is 41.1 Å². The van der Waals surface area contributed by atoms with Gasteiger partial charge in [0.1, 0.15) is 18.4 Å². The molecule has 0 radical (unpaired) electrons. The summed E-state index contributed by atoms with van der Waals surface area (Å²) < 4.78 is 4.46. The van der Waals surface area contributed by atoms with Crippen molar-refractivity contribution in [2.24, 2.45) is 46.3 Å². The summed E-state index contributed by atoms with van der Waals surface area (Å²) in [4.78, 5) is 12.8. The molecule has 0 spiro atoms. The van der Waals surface area contributed by atoms with Crippen molar-refractivity contribution in [2.45, 2.75) is 118 Å². The van der Waals surface area contributed by atoms with Gasteiger partial charge in [-0.3, -0.25) is 4.79 Å². The Labute approximate surface area is 266 Å². The molecule has 0 bridgehead atoms. The Morgan fingerprint density at radius 2 is 1.79 bits per heavy atom. The highest BCUT2D eigenvalue weighted by molar-refractivity contribution is 5.94. The van der Waals surface area contributed by atoms with Crippen molar-refractivity contribution in [2.75, 3.05) is 0 Å². The quantitative estimate of drug-likeness (QED) is 0.182. The molecule has 0 saturated heterocycles. The SMILES string of the molecule is CC(C)CCC[C@@H](C)[C@H]1CC[C@H]2[C@@H]3CC=C4C[C@@H](n5cc[n+](CC(=O)c6ccccc6)c5)CC[C@]4(C)[C@H]3CC[C@]12C.[Br-]. The van der Waals surface area contributed by atoms with Crippen molar-refractivity contribution >= 4 is 5.78 Å². The summed E-state index contributed by atoms with van der Waals surface area (Å²) in [5.41, 5.74) is 3.48. The van der Waals surface area contributed by atoms with Crippen LogP contribution in [0.5, 0.6) is 0 Å². The fourth-order valence-electron chi connectivity index (χ4n) is 10.5. The second-order valence-electron chi connectivity index (χ2n) is 15.5. The van der Waals surface area contributed by atoms with Crippen LogP contribution < -0.4 is 21.5 Å². The van der Waals surface area contributed by atoms with Crippen LogP contribution in [0.4, 0.5) is 0 Å². The molecule has 4 aliphatic rings. The van der Waals surface area contributed by atoms with E-state index >= 15 is 0 Å². The molecular weight excluding hydrogens is 580 g/mol. The molecule has 0 aliphatic heterocycles. The lowest BCUT2D eigenvalue weighted by molar-refractivity contribution is -0.682. The smallest absolute Gasteiger partial charge is 0.244 e. The van der Waals surface area contributed by atoms with Crippen LogP contribution in [0.1, 0.15) is 122 Å². The van der Waals surface area contributed by atoms with Gasteiger partial charge in [-0.2, -0.15) is 0 Å². The number of aromatic nitrogens is 2. The predicted octanol–water partition coefficient (Wildman–Crippen LogP) is 6.25. The lowest BCUT2D eigenvalue weighted by atomic mass is 9.47. The lowest BCUT2D eigenvalue weighted by Crippen LogP contribution is -3.00. The highest BCUT2D eigenvalue weighted by Gasteiger charge is 2.59. The van der Waals surface area contributed by atoms with Crippen LogP contribution in [0.15, 0.2) is 60.7 Å². The van der Waals surface area contributed by atoms with Gasteiger partial charge in [-0.1, -0.05) is 95.9 Å². The lowest BCUT2D eigenvalue weighted by Gasteiger charge is -2.58. The topological polar surface area (TPSA) is 25.9 Å². The van der Waals surface area contributed by atoms with E-state index in [0.29, 0.717) is 23.4 Å². The summed E-state index contributed by atoms with van der Waals surface area (Å²) in [6.45, 7) is 13.1. The van der Waals surface area contributed by atoms with E-state index in [1.165, 1.54) is 70.6 Å². The molecule has 3 saturated carbocycles. The second kappa shape index (κ2) is 12.7. The van der Waals surface area contributed by atoms with Crippen molar-refractivity contribution in [1.82, 2.24) is 4.57 Å². The van der Waals surface area contributed by atoms with Gasteiger partial charge >= 0.3 is 0 Å². The van der Waals surface area contributed by atoms with Gasteiger partial charge in [0.05, 0.1) is 0 Å². The Morgan fingerprint density at radius 1 is 1.00 bits per heavy atom. The summed E-state index contributed by atoms with van der Waals surface area (Å²) in [5.74, 6) is 5.52. The number of nitrogens with zero attached hydrogens (tertiary/aromatic N) is 2. The van der Waals surface area contributed by atoms with Crippen molar-refractivity contribution in [3.8, 4) is 0 Å². The summed E-state index contributed by atoms with van der Waals surface area (Å²) >= 11 is 0. The summed E-state index contributed by atoms with van der Waals surface area (Å²) in [5, 5.41) is 0. The maximum Gasteiger partial charge on any atom is 0.244 e. The van der Waals surface area contributed by atoms with Gasteiger partial charge in [0.25, 0.3) is 0 Å². The van der Waals surface area contributed by atoms with Crippen molar-refractivity contribution < 1.29 is 26.3 Å². The van der Waals surface area contributed by atoms with Crippen molar-refractivity contribution in [3.63, 3.8) is 0 Å². The van der Waals surface area contributed by atoms with Gasteiger partial charge in [0.2, 0.25) is 12.1 Å². The van der Waals surface area contributed by atoms with E-state index < -0.39 is 0 Å². The molecule has 0 amide bonds. The molecule has 1 aromatic carbocycles. The monoisotopic (exact) mass is 634 g/mol. The van der Waals surface area contributed by atoms with Gasteiger partial charge < -0.3 is 17.0 Å². The molecule has 8 atom stereocenters. The Hall–Kier alpha value is -1.68. The van der Waals surface area contributed by atoms with Crippen LogP contribution in [0.3, 0.4) is 0 Å². The van der Waals surface area contributed by atoms with Gasteiger partial charge in [0, 0.05) is 12.0 Å². The van der Waals surface area contributed by atoms with Crippen LogP contribution in [-0.4, -0.2) is 10.4 Å². The molecule has 1 aromatic heterocycles. The van der Waals surface area contributed by atoms with E-state index in [1.54, 1.807) is 5.57 Å². The van der Waals surface area contributed by atoms with Crippen LogP contribution >= 0.6 is 0 Å². The number of carbonyl (C=O) groups is 1. The number of hydrogen-bond acceptors (Lipinski definition) is 1. The highest BCUT2D eigenvalue weighted by Crippen LogP contribution is 2.67. The average Bonchev–Trinajstić information content (AvgIpc) is 3.57. The second-order valence-corrected chi connectivity index (χ2v) is 15.5. The number of allylic oxidation sites excluding steroid dienone is 2. The molecule has 3 nitrogen and oxygen atoms in total. The van der Waals surface area contributed by atoms with E-state index in [2.05, 4.69) is 68.5 Å². The van der Waals surface area contributed by atoms with Gasteiger partial charge in [-0.05, 0) is 91.3 Å². The minimum Gasteiger partial charge on any atom is -1.00 e. The molecule has 0 unspecified atom stereocenters. The minimum atomic E-state index is 0. The molecular formula is C38H55BrN2O. The fourth-order valence-corrected chi connectivity index (χ4v) is 10.5. The number of imidazole rings is 1. The number of halogens is 1. The van der Waals surface area contributed by atoms with Crippen molar-refractivity contribution in [1.29, 1.82) is 0 Å². The summed E-state index contributed by atoms with van der Waals surface area (Å²) in [6.07, 6.45) is 24.3. The zero-order valence-electron chi connectivity index (χ0n) is 26.9. The van der Waals surface area contributed by atoms with Crippen LogP contribution in [0, 0.1) is 46.3 Å². The van der Waals surface area contributed by atoms with Gasteiger partial charge in [0.15, 0.2) is 6.54 Å². The van der Waals surface area contributed by atoms with Gasteiger partial charge in [-0.25, -0.2) is 9.13 Å².